The van der Waals surface area contributed by atoms with E-state index in [4.69, 9.17) is 0 Å². The normalized spacial score (nSPS) is 17.0. The number of aromatic amines is 1. The standard InChI is InChI=1S/C10H10N2/c1-2-7(1)9-5-12-10-6-11-4-3-8(9)10/h3-7,12H,1-2H2. The predicted molar refractivity (Wildman–Crippen MR) is 48.1 cm³/mol. The second-order valence-corrected chi connectivity index (χ2v) is 3.44. The first-order valence-corrected chi connectivity index (χ1v) is 4.36. The van der Waals surface area contributed by atoms with Crippen molar-refractivity contribution in [1.29, 1.82) is 0 Å². The lowest BCUT2D eigenvalue weighted by atomic mass is 10.1. The Balaban J connectivity index is 2.30. The van der Waals surface area contributed by atoms with Crippen LogP contribution in [0, 0.1) is 0 Å². The minimum atomic E-state index is 0.821. The second-order valence-electron chi connectivity index (χ2n) is 3.44. The predicted octanol–water partition coefficient (Wildman–Crippen LogP) is 2.44. The van der Waals surface area contributed by atoms with Gasteiger partial charge in [-0.3, -0.25) is 4.98 Å². The molecule has 0 saturated heterocycles. The molecule has 12 heavy (non-hydrogen) atoms. The molecule has 3 rings (SSSR count). The van der Waals surface area contributed by atoms with Gasteiger partial charge in [-0.25, -0.2) is 0 Å². The number of fused-ring (bicyclic) bond motifs is 1. The first-order valence-electron chi connectivity index (χ1n) is 4.36. The summed E-state index contributed by atoms with van der Waals surface area (Å²) in [5.41, 5.74) is 2.65. The van der Waals surface area contributed by atoms with Crippen molar-refractivity contribution >= 4 is 10.9 Å². The number of H-pyrrole nitrogens is 1. The van der Waals surface area contributed by atoms with E-state index >= 15 is 0 Å². The van der Waals surface area contributed by atoms with Gasteiger partial charge < -0.3 is 4.98 Å². The quantitative estimate of drug-likeness (QED) is 0.678. The molecule has 2 heterocycles. The van der Waals surface area contributed by atoms with Crippen LogP contribution in [0.1, 0.15) is 24.3 Å². The molecule has 60 valence electrons. The molecule has 0 bridgehead atoms. The average molecular weight is 158 g/mol. The Morgan fingerprint density at radius 3 is 3.17 bits per heavy atom. The number of nitrogens with zero attached hydrogens (tertiary/aromatic N) is 1. The summed E-state index contributed by atoms with van der Waals surface area (Å²) in [5, 5.41) is 1.35. The van der Waals surface area contributed by atoms with Crippen LogP contribution in [-0.2, 0) is 0 Å². The summed E-state index contributed by atoms with van der Waals surface area (Å²) in [6.07, 6.45) is 8.60. The van der Waals surface area contributed by atoms with Crippen LogP contribution in [0.4, 0.5) is 0 Å². The van der Waals surface area contributed by atoms with Crippen molar-refractivity contribution in [3.05, 3.63) is 30.2 Å². The van der Waals surface area contributed by atoms with Crippen LogP contribution in [0.5, 0.6) is 0 Å². The summed E-state index contributed by atoms with van der Waals surface area (Å²) in [6, 6.07) is 2.10. The largest absolute Gasteiger partial charge is 0.360 e. The van der Waals surface area contributed by atoms with Crippen LogP contribution < -0.4 is 0 Å². The minimum absolute atomic E-state index is 0.821. The first-order chi connectivity index (χ1) is 5.95. The number of nitrogens with one attached hydrogen (secondary N) is 1. The summed E-state index contributed by atoms with van der Waals surface area (Å²) >= 11 is 0. The van der Waals surface area contributed by atoms with Gasteiger partial charge in [0, 0.05) is 17.8 Å². The number of rotatable bonds is 1. The van der Waals surface area contributed by atoms with E-state index in [2.05, 4.69) is 22.2 Å². The molecule has 2 aromatic rings. The van der Waals surface area contributed by atoms with Crippen LogP contribution in [-0.4, -0.2) is 9.97 Å². The van der Waals surface area contributed by atoms with Crippen molar-refractivity contribution < 1.29 is 0 Å². The van der Waals surface area contributed by atoms with Crippen molar-refractivity contribution in [2.24, 2.45) is 0 Å². The molecule has 1 N–H and O–H groups in total. The van der Waals surface area contributed by atoms with E-state index in [0.717, 1.165) is 5.92 Å². The molecule has 1 saturated carbocycles. The maximum atomic E-state index is 4.07. The van der Waals surface area contributed by atoms with Crippen LogP contribution in [0.15, 0.2) is 24.7 Å². The SMILES string of the molecule is c1cc2c(C3CC3)c[nH]c2cn1. The molecular weight excluding hydrogens is 148 g/mol. The van der Waals surface area contributed by atoms with E-state index in [-0.39, 0.29) is 0 Å². The maximum Gasteiger partial charge on any atom is 0.0643 e. The molecular formula is C10H10N2. The zero-order valence-corrected chi connectivity index (χ0v) is 6.75. The van der Waals surface area contributed by atoms with E-state index in [1.54, 1.807) is 0 Å². The first kappa shape index (κ1) is 6.23. The van der Waals surface area contributed by atoms with E-state index in [0.29, 0.717) is 0 Å². The fraction of sp³-hybridized carbons (Fsp3) is 0.300. The van der Waals surface area contributed by atoms with E-state index < -0.39 is 0 Å². The fourth-order valence-corrected chi connectivity index (χ4v) is 1.73. The van der Waals surface area contributed by atoms with Crippen LogP contribution >= 0.6 is 0 Å². The van der Waals surface area contributed by atoms with Crippen molar-refractivity contribution in [1.82, 2.24) is 9.97 Å². The summed E-state index contributed by atoms with van der Waals surface area (Å²) in [6.45, 7) is 0. The summed E-state index contributed by atoms with van der Waals surface area (Å²) < 4.78 is 0. The molecule has 1 aliphatic carbocycles. The smallest absolute Gasteiger partial charge is 0.0643 e. The van der Waals surface area contributed by atoms with Crippen LogP contribution in [0.25, 0.3) is 10.9 Å². The summed E-state index contributed by atoms with van der Waals surface area (Å²) in [5.74, 6) is 0.821. The Hall–Kier alpha value is -1.31. The minimum Gasteiger partial charge on any atom is -0.360 e. The third kappa shape index (κ3) is 0.779. The van der Waals surface area contributed by atoms with E-state index in [1.807, 2.05) is 12.4 Å². The third-order valence-corrected chi connectivity index (χ3v) is 2.53. The van der Waals surface area contributed by atoms with Gasteiger partial charge in [-0.15, -0.1) is 0 Å². The van der Waals surface area contributed by atoms with Gasteiger partial charge in [0.15, 0.2) is 0 Å². The molecule has 0 unspecified atom stereocenters. The zero-order chi connectivity index (χ0) is 7.97. The lowest BCUT2D eigenvalue weighted by Gasteiger charge is -1.92. The van der Waals surface area contributed by atoms with Crippen molar-refractivity contribution in [2.75, 3.05) is 0 Å². The lowest BCUT2D eigenvalue weighted by Crippen LogP contribution is -1.74. The van der Waals surface area contributed by atoms with Gasteiger partial charge in [0.2, 0.25) is 0 Å². The monoisotopic (exact) mass is 158 g/mol. The highest BCUT2D eigenvalue weighted by atomic mass is 14.7. The van der Waals surface area contributed by atoms with Crippen molar-refractivity contribution in [3.8, 4) is 0 Å². The van der Waals surface area contributed by atoms with Gasteiger partial charge in [0.1, 0.15) is 0 Å². The zero-order valence-electron chi connectivity index (χ0n) is 6.75. The molecule has 0 aliphatic heterocycles. The highest BCUT2D eigenvalue weighted by Gasteiger charge is 2.25. The molecule has 0 amide bonds. The molecule has 1 fully saturated rings. The fourth-order valence-electron chi connectivity index (χ4n) is 1.73. The molecule has 0 atom stereocenters. The van der Waals surface area contributed by atoms with Gasteiger partial charge in [0.25, 0.3) is 0 Å². The molecule has 0 radical (unpaired) electrons. The highest BCUT2D eigenvalue weighted by Crippen LogP contribution is 2.42. The molecule has 2 aromatic heterocycles. The molecule has 0 aromatic carbocycles. The number of aromatic nitrogens is 2. The Labute approximate surface area is 70.6 Å². The van der Waals surface area contributed by atoms with Crippen LogP contribution in [0.3, 0.4) is 0 Å². The maximum absolute atomic E-state index is 4.07. The van der Waals surface area contributed by atoms with Gasteiger partial charge in [-0.1, -0.05) is 0 Å². The average Bonchev–Trinajstić information content (AvgIpc) is 2.86. The van der Waals surface area contributed by atoms with Gasteiger partial charge >= 0.3 is 0 Å². The molecule has 2 nitrogen and oxygen atoms in total. The van der Waals surface area contributed by atoms with Gasteiger partial charge in [0.05, 0.1) is 11.7 Å². The van der Waals surface area contributed by atoms with Gasteiger partial charge in [-0.2, -0.15) is 0 Å². The Bertz CT molecular complexity index is 412. The molecule has 1 aliphatic rings. The number of hydrogen-bond acceptors (Lipinski definition) is 1. The summed E-state index contributed by atoms with van der Waals surface area (Å²) in [7, 11) is 0. The van der Waals surface area contributed by atoms with Crippen molar-refractivity contribution in [3.63, 3.8) is 0 Å². The third-order valence-electron chi connectivity index (χ3n) is 2.53. The van der Waals surface area contributed by atoms with E-state index in [9.17, 15) is 0 Å². The van der Waals surface area contributed by atoms with Gasteiger partial charge in [-0.05, 0) is 30.4 Å². The summed E-state index contributed by atoms with van der Waals surface area (Å²) in [4.78, 5) is 7.32. The number of pyridine rings is 1. The van der Waals surface area contributed by atoms with Crippen molar-refractivity contribution in [2.45, 2.75) is 18.8 Å². The Morgan fingerprint density at radius 2 is 2.33 bits per heavy atom. The Morgan fingerprint density at radius 1 is 1.42 bits per heavy atom. The second kappa shape index (κ2) is 2.09. The van der Waals surface area contributed by atoms with Crippen LogP contribution in [0.2, 0.25) is 0 Å². The lowest BCUT2D eigenvalue weighted by molar-refractivity contribution is 1.15. The highest BCUT2D eigenvalue weighted by molar-refractivity contribution is 5.83. The van der Waals surface area contributed by atoms with E-state index in [1.165, 1.54) is 29.3 Å². The molecule has 0 spiro atoms. The number of hydrogen-bond donors (Lipinski definition) is 1. The Kier molecular flexibility index (Phi) is 1.09. The topological polar surface area (TPSA) is 28.7 Å². The molecule has 2 heteroatoms.